The zero-order chi connectivity index (χ0) is 20.1. The molecule has 1 N–H and O–H groups in total. The first-order valence-corrected chi connectivity index (χ1v) is 11.5. The third kappa shape index (κ3) is 5.54. The first-order valence-electron chi connectivity index (χ1n) is 9.63. The molecule has 1 aliphatic carbocycles. The van der Waals surface area contributed by atoms with E-state index in [-0.39, 0.29) is 24.0 Å². The van der Waals surface area contributed by atoms with Gasteiger partial charge in [0.15, 0.2) is 0 Å². The van der Waals surface area contributed by atoms with Crippen LogP contribution in [0.3, 0.4) is 0 Å². The molecule has 1 saturated carbocycles. The molecule has 0 spiro atoms. The molecule has 1 amide bonds. The summed E-state index contributed by atoms with van der Waals surface area (Å²) in [7, 11) is -1.63. The van der Waals surface area contributed by atoms with Crippen molar-refractivity contribution >= 4 is 15.9 Å². The Kier molecular flexibility index (Phi) is 6.71. The maximum absolute atomic E-state index is 12.5. The van der Waals surface area contributed by atoms with Gasteiger partial charge in [0, 0.05) is 25.0 Å². The number of ether oxygens (including phenoxy) is 2. The summed E-state index contributed by atoms with van der Waals surface area (Å²) in [4.78, 5) is 20.8. The van der Waals surface area contributed by atoms with E-state index in [0.29, 0.717) is 37.7 Å². The van der Waals surface area contributed by atoms with E-state index in [2.05, 4.69) is 15.3 Å². The molecule has 2 fully saturated rings. The second-order valence-corrected chi connectivity index (χ2v) is 9.42. The zero-order valence-corrected chi connectivity index (χ0v) is 17.2. The van der Waals surface area contributed by atoms with Gasteiger partial charge in [0.1, 0.15) is 6.10 Å². The zero-order valence-electron chi connectivity index (χ0n) is 16.3. The van der Waals surface area contributed by atoms with Crippen LogP contribution in [0.1, 0.15) is 38.5 Å². The summed E-state index contributed by atoms with van der Waals surface area (Å²) < 4.78 is 35.5. The second kappa shape index (κ2) is 9.04. The smallest absolute Gasteiger partial charge is 0.235 e. The second-order valence-electron chi connectivity index (χ2n) is 7.44. The summed E-state index contributed by atoms with van der Waals surface area (Å²) in [5.41, 5.74) is 0. The van der Waals surface area contributed by atoms with Gasteiger partial charge in [-0.3, -0.25) is 9.78 Å². The summed E-state index contributed by atoms with van der Waals surface area (Å²) in [6.45, 7) is 0.831. The van der Waals surface area contributed by atoms with E-state index in [0.717, 1.165) is 25.7 Å². The SMILES string of the molecule is COc1cncc(OC2CCC(NC(=O)C3CCN(S(C)(=O)=O)CC3)CC2)n1. The van der Waals surface area contributed by atoms with E-state index in [1.54, 1.807) is 6.20 Å². The standard InChI is InChI=1S/C18H28N4O5S/c1-26-16-11-19-12-17(21-16)27-15-5-3-14(4-6-15)20-18(23)13-7-9-22(10-8-13)28(2,24)25/h11-15H,3-10H2,1-2H3,(H,20,23). The number of amides is 1. The van der Waals surface area contributed by atoms with Crippen molar-refractivity contribution in [1.82, 2.24) is 19.6 Å². The van der Waals surface area contributed by atoms with Crippen LogP contribution in [0, 0.1) is 5.92 Å². The van der Waals surface area contributed by atoms with Crippen LogP contribution in [0.15, 0.2) is 12.4 Å². The Hall–Kier alpha value is -1.94. The van der Waals surface area contributed by atoms with Gasteiger partial charge in [-0.2, -0.15) is 4.98 Å². The molecule has 3 rings (SSSR count). The van der Waals surface area contributed by atoms with E-state index < -0.39 is 10.0 Å². The van der Waals surface area contributed by atoms with Crippen molar-refractivity contribution in [2.45, 2.75) is 50.7 Å². The predicted octanol–water partition coefficient (Wildman–Crippen LogP) is 0.963. The van der Waals surface area contributed by atoms with Crippen molar-refractivity contribution < 1.29 is 22.7 Å². The normalized spacial score (nSPS) is 24.5. The van der Waals surface area contributed by atoms with Gasteiger partial charge in [0.05, 0.1) is 25.8 Å². The van der Waals surface area contributed by atoms with Gasteiger partial charge in [-0.1, -0.05) is 0 Å². The number of nitrogens with one attached hydrogen (secondary N) is 1. The molecule has 0 atom stereocenters. The van der Waals surface area contributed by atoms with E-state index in [1.165, 1.54) is 23.9 Å². The van der Waals surface area contributed by atoms with Crippen molar-refractivity contribution in [2.24, 2.45) is 5.92 Å². The van der Waals surface area contributed by atoms with Gasteiger partial charge in [0.2, 0.25) is 27.7 Å². The van der Waals surface area contributed by atoms with Crippen molar-refractivity contribution in [1.29, 1.82) is 0 Å². The van der Waals surface area contributed by atoms with Crippen LogP contribution in [0.2, 0.25) is 0 Å². The van der Waals surface area contributed by atoms with Crippen molar-refractivity contribution in [3.8, 4) is 11.8 Å². The third-order valence-corrected chi connectivity index (χ3v) is 6.70. The fraction of sp³-hybridized carbons (Fsp3) is 0.722. The lowest BCUT2D eigenvalue weighted by atomic mass is 9.91. The van der Waals surface area contributed by atoms with Gasteiger partial charge in [-0.15, -0.1) is 0 Å². The number of methoxy groups -OCH3 is 1. The number of hydrogen-bond acceptors (Lipinski definition) is 7. The lowest BCUT2D eigenvalue weighted by Crippen LogP contribution is -2.46. The van der Waals surface area contributed by atoms with Crippen molar-refractivity contribution in [2.75, 3.05) is 26.5 Å². The Bertz CT molecular complexity index is 772. The Balaban J connectivity index is 1.41. The maximum atomic E-state index is 12.5. The number of sulfonamides is 1. The lowest BCUT2D eigenvalue weighted by molar-refractivity contribution is -0.127. The minimum absolute atomic E-state index is 0.0381. The molecule has 0 aromatic carbocycles. The summed E-state index contributed by atoms with van der Waals surface area (Å²) in [6, 6.07) is 0.136. The Morgan fingerprint density at radius 3 is 2.36 bits per heavy atom. The van der Waals surface area contributed by atoms with E-state index in [1.807, 2.05) is 0 Å². The Morgan fingerprint density at radius 2 is 1.75 bits per heavy atom. The molecule has 156 valence electrons. The molecule has 1 aromatic rings. The summed E-state index contributed by atoms with van der Waals surface area (Å²) >= 11 is 0. The molecule has 1 aromatic heterocycles. The van der Waals surface area contributed by atoms with Crippen LogP contribution in [0.4, 0.5) is 0 Å². The molecule has 28 heavy (non-hydrogen) atoms. The van der Waals surface area contributed by atoms with Crippen molar-refractivity contribution in [3.63, 3.8) is 0 Å². The fourth-order valence-corrected chi connectivity index (χ4v) is 4.62. The summed E-state index contributed by atoms with van der Waals surface area (Å²) in [5.74, 6) is 0.792. The van der Waals surface area contributed by atoms with Crippen LogP contribution in [-0.4, -0.2) is 67.2 Å². The largest absolute Gasteiger partial charge is 0.480 e. The van der Waals surface area contributed by atoms with E-state index >= 15 is 0 Å². The quantitative estimate of drug-likeness (QED) is 0.741. The van der Waals surface area contributed by atoms with Crippen LogP contribution >= 0.6 is 0 Å². The highest BCUT2D eigenvalue weighted by atomic mass is 32.2. The number of rotatable bonds is 6. The van der Waals surface area contributed by atoms with E-state index in [4.69, 9.17) is 9.47 Å². The lowest BCUT2D eigenvalue weighted by Gasteiger charge is -2.32. The number of nitrogens with zero attached hydrogens (tertiary/aromatic N) is 3. The highest BCUT2D eigenvalue weighted by molar-refractivity contribution is 7.88. The number of aromatic nitrogens is 2. The number of carbonyl (C=O) groups excluding carboxylic acids is 1. The van der Waals surface area contributed by atoms with E-state index in [9.17, 15) is 13.2 Å². The topological polar surface area (TPSA) is 111 Å². The fourth-order valence-electron chi connectivity index (χ4n) is 3.75. The minimum atomic E-state index is -3.17. The first kappa shape index (κ1) is 20.8. The molecular weight excluding hydrogens is 384 g/mol. The van der Waals surface area contributed by atoms with Crippen LogP contribution in [0.25, 0.3) is 0 Å². The molecule has 0 radical (unpaired) electrons. The number of hydrogen-bond donors (Lipinski definition) is 1. The van der Waals surface area contributed by atoms with Crippen LogP contribution < -0.4 is 14.8 Å². The Labute approximate surface area is 165 Å². The Morgan fingerprint density at radius 1 is 1.11 bits per heavy atom. The molecule has 2 aliphatic rings. The minimum Gasteiger partial charge on any atom is -0.480 e. The maximum Gasteiger partial charge on any atom is 0.235 e. The molecule has 1 aliphatic heterocycles. The van der Waals surface area contributed by atoms with Gasteiger partial charge in [0.25, 0.3) is 0 Å². The van der Waals surface area contributed by atoms with Gasteiger partial charge >= 0.3 is 0 Å². The third-order valence-electron chi connectivity index (χ3n) is 5.40. The summed E-state index contributed by atoms with van der Waals surface area (Å²) in [6.07, 6.45) is 8.85. The monoisotopic (exact) mass is 412 g/mol. The summed E-state index contributed by atoms with van der Waals surface area (Å²) in [5, 5.41) is 3.13. The highest BCUT2D eigenvalue weighted by Gasteiger charge is 2.31. The molecular formula is C18H28N4O5S. The number of carbonyl (C=O) groups is 1. The molecule has 0 bridgehead atoms. The van der Waals surface area contributed by atoms with Crippen LogP contribution in [0.5, 0.6) is 11.8 Å². The number of piperidine rings is 1. The molecule has 0 unspecified atom stereocenters. The molecule has 10 heteroatoms. The van der Waals surface area contributed by atoms with Gasteiger partial charge < -0.3 is 14.8 Å². The van der Waals surface area contributed by atoms with Gasteiger partial charge in [-0.25, -0.2) is 12.7 Å². The molecule has 1 saturated heterocycles. The van der Waals surface area contributed by atoms with Crippen molar-refractivity contribution in [3.05, 3.63) is 12.4 Å². The molecule has 9 nitrogen and oxygen atoms in total. The van der Waals surface area contributed by atoms with Crippen LogP contribution in [-0.2, 0) is 14.8 Å². The average molecular weight is 413 g/mol. The highest BCUT2D eigenvalue weighted by Crippen LogP contribution is 2.25. The predicted molar refractivity (Wildman–Crippen MR) is 103 cm³/mol. The molecule has 2 heterocycles. The average Bonchev–Trinajstić information content (AvgIpc) is 2.69. The first-order chi connectivity index (χ1) is 13.3. The van der Waals surface area contributed by atoms with Gasteiger partial charge in [-0.05, 0) is 38.5 Å².